The minimum atomic E-state index is -0.382. The van der Waals surface area contributed by atoms with E-state index in [9.17, 15) is 4.79 Å². The molecule has 0 aliphatic rings. The molecule has 0 spiro atoms. The zero-order valence-electron chi connectivity index (χ0n) is 4.93. The van der Waals surface area contributed by atoms with E-state index < -0.39 is 0 Å². The van der Waals surface area contributed by atoms with Crippen molar-refractivity contribution < 1.29 is 4.79 Å². The first kappa shape index (κ1) is 6.96. The standard InChI is InChI=1S/C5H8N2O/c1-4(6-3)7-5(2)8/h4H,1-2H3,(H,7,8). The summed E-state index contributed by atoms with van der Waals surface area (Å²) in [6.45, 7) is 9.44. The van der Waals surface area contributed by atoms with E-state index in [1.165, 1.54) is 6.92 Å². The van der Waals surface area contributed by atoms with E-state index in [1.54, 1.807) is 6.92 Å². The van der Waals surface area contributed by atoms with E-state index in [0.717, 1.165) is 0 Å². The van der Waals surface area contributed by atoms with Crippen LogP contribution in [0.25, 0.3) is 4.85 Å². The second-order valence-electron chi connectivity index (χ2n) is 1.51. The first-order chi connectivity index (χ1) is 3.66. The molecule has 1 amide bonds. The van der Waals surface area contributed by atoms with Crippen LogP contribution in [-0.2, 0) is 4.79 Å². The smallest absolute Gasteiger partial charge is 0.290 e. The minimum absolute atomic E-state index is 0.159. The summed E-state index contributed by atoms with van der Waals surface area (Å²) >= 11 is 0. The van der Waals surface area contributed by atoms with E-state index in [1.807, 2.05) is 0 Å². The molecule has 44 valence electrons. The molecule has 0 bridgehead atoms. The van der Waals surface area contributed by atoms with Crippen LogP contribution in [0.4, 0.5) is 0 Å². The highest BCUT2D eigenvalue weighted by Gasteiger charge is 2.01. The van der Waals surface area contributed by atoms with Gasteiger partial charge in [-0.25, -0.2) is 6.57 Å². The van der Waals surface area contributed by atoms with Crippen molar-refractivity contribution in [3.63, 3.8) is 0 Å². The predicted molar refractivity (Wildman–Crippen MR) is 29.9 cm³/mol. The van der Waals surface area contributed by atoms with Crippen molar-refractivity contribution in [1.29, 1.82) is 0 Å². The topological polar surface area (TPSA) is 33.5 Å². The van der Waals surface area contributed by atoms with Gasteiger partial charge in [-0.1, -0.05) is 0 Å². The van der Waals surface area contributed by atoms with Gasteiger partial charge in [0.1, 0.15) is 0 Å². The van der Waals surface area contributed by atoms with Crippen LogP contribution in [0.1, 0.15) is 13.8 Å². The van der Waals surface area contributed by atoms with Gasteiger partial charge in [-0.3, -0.25) is 15.0 Å². The number of amides is 1. The Morgan fingerprint density at radius 1 is 1.88 bits per heavy atom. The van der Waals surface area contributed by atoms with E-state index in [0.29, 0.717) is 0 Å². The third-order valence-corrected chi connectivity index (χ3v) is 0.606. The largest absolute Gasteiger partial charge is 0.295 e. The average Bonchev–Trinajstić information content (AvgIpc) is 1.65. The molecule has 0 heterocycles. The molecule has 0 saturated heterocycles. The molecule has 0 aromatic rings. The maximum Gasteiger partial charge on any atom is 0.295 e. The van der Waals surface area contributed by atoms with E-state index in [4.69, 9.17) is 6.57 Å². The molecule has 0 radical (unpaired) electrons. The number of carbonyl (C=O) groups is 1. The van der Waals surface area contributed by atoms with Gasteiger partial charge in [0.2, 0.25) is 5.91 Å². The fourth-order valence-corrected chi connectivity index (χ4v) is 0.326. The maximum atomic E-state index is 10.2. The molecule has 0 aromatic carbocycles. The lowest BCUT2D eigenvalue weighted by molar-refractivity contribution is -0.119. The molecular formula is C5H8N2O. The van der Waals surface area contributed by atoms with Crippen molar-refractivity contribution in [3.8, 4) is 0 Å². The molecule has 8 heavy (non-hydrogen) atoms. The number of nitrogens with zero attached hydrogens (tertiary/aromatic N) is 1. The van der Waals surface area contributed by atoms with Crippen LogP contribution in [0.15, 0.2) is 0 Å². The average molecular weight is 112 g/mol. The van der Waals surface area contributed by atoms with Crippen LogP contribution < -0.4 is 5.32 Å². The van der Waals surface area contributed by atoms with E-state index in [2.05, 4.69) is 10.2 Å². The van der Waals surface area contributed by atoms with Crippen molar-refractivity contribution in [2.24, 2.45) is 0 Å². The Bertz CT molecular complexity index is 125. The molecule has 1 N–H and O–H groups in total. The van der Waals surface area contributed by atoms with Gasteiger partial charge in [0.25, 0.3) is 6.17 Å². The number of nitrogens with one attached hydrogen (secondary N) is 1. The lowest BCUT2D eigenvalue weighted by Gasteiger charge is -1.95. The molecule has 0 aliphatic carbocycles. The monoisotopic (exact) mass is 112 g/mol. The lowest BCUT2D eigenvalue weighted by Crippen LogP contribution is -2.27. The highest BCUT2D eigenvalue weighted by molar-refractivity contribution is 5.73. The summed E-state index contributed by atoms with van der Waals surface area (Å²) in [5, 5.41) is 2.40. The molecule has 0 aliphatic heterocycles. The summed E-state index contributed by atoms with van der Waals surface area (Å²) in [5.41, 5.74) is 0. The van der Waals surface area contributed by atoms with Crippen LogP contribution in [0.3, 0.4) is 0 Å². The highest BCUT2D eigenvalue weighted by atomic mass is 16.1. The Kier molecular flexibility index (Phi) is 2.63. The summed E-state index contributed by atoms with van der Waals surface area (Å²) < 4.78 is 0. The molecular weight excluding hydrogens is 104 g/mol. The number of hydrogen-bond acceptors (Lipinski definition) is 1. The molecule has 0 rings (SSSR count). The van der Waals surface area contributed by atoms with Gasteiger partial charge in [0.05, 0.1) is 0 Å². The van der Waals surface area contributed by atoms with Gasteiger partial charge in [0, 0.05) is 13.8 Å². The van der Waals surface area contributed by atoms with Gasteiger partial charge in [-0.15, -0.1) is 0 Å². The second-order valence-corrected chi connectivity index (χ2v) is 1.51. The highest BCUT2D eigenvalue weighted by Crippen LogP contribution is 1.79. The summed E-state index contributed by atoms with van der Waals surface area (Å²) in [6, 6.07) is 0. The second kappa shape index (κ2) is 3.03. The van der Waals surface area contributed by atoms with E-state index >= 15 is 0 Å². The van der Waals surface area contributed by atoms with E-state index in [-0.39, 0.29) is 12.1 Å². The first-order valence-electron chi connectivity index (χ1n) is 2.30. The summed E-state index contributed by atoms with van der Waals surface area (Å²) in [6.07, 6.45) is -0.382. The number of carbonyl (C=O) groups excluding carboxylic acids is 1. The third kappa shape index (κ3) is 3.16. The summed E-state index contributed by atoms with van der Waals surface area (Å²) in [7, 11) is 0. The molecule has 0 saturated carbocycles. The summed E-state index contributed by atoms with van der Waals surface area (Å²) in [5.74, 6) is -0.159. The van der Waals surface area contributed by atoms with Crippen LogP contribution in [0.2, 0.25) is 0 Å². The Labute approximate surface area is 48.5 Å². The van der Waals surface area contributed by atoms with Gasteiger partial charge >= 0.3 is 0 Å². The number of rotatable bonds is 1. The Morgan fingerprint density at radius 2 is 2.38 bits per heavy atom. The van der Waals surface area contributed by atoms with Crippen molar-refractivity contribution in [1.82, 2.24) is 5.32 Å². The zero-order valence-corrected chi connectivity index (χ0v) is 4.93. The van der Waals surface area contributed by atoms with Crippen molar-refractivity contribution >= 4 is 5.91 Å². The lowest BCUT2D eigenvalue weighted by atomic mass is 10.5. The molecule has 0 aromatic heterocycles. The molecule has 1 unspecified atom stereocenters. The maximum absolute atomic E-state index is 10.2. The molecule has 3 heteroatoms. The van der Waals surface area contributed by atoms with Gasteiger partial charge < -0.3 is 0 Å². The number of hydrogen-bond donors (Lipinski definition) is 1. The normalized spacial score (nSPS) is 11.6. The van der Waals surface area contributed by atoms with Crippen molar-refractivity contribution in [2.45, 2.75) is 20.0 Å². The molecule has 3 nitrogen and oxygen atoms in total. The minimum Gasteiger partial charge on any atom is -0.290 e. The predicted octanol–water partition coefficient (Wildman–Crippen LogP) is 0.388. The Morgan fingerprint density at radius 3 is 2.50 bits per heavy atom. The van der Waals surface area contributed by atoms with Gasteiger partial charge in [-0.2, -0.15) is 0 Å². The third-order valence-electron chi connectivity index (χ3n) is 0.606. The van der Waals surface area contributed by atoms with Gasteiger partial charge in [-0.05, 0) is 0 Å². The van der Waals surface area contributed by atoms with Crippen molar-refractivity contribution in [3.05, 3.63) is 11.4 Å². The first-order valence-corrected chi connectivity index (χ1v) is 2.30. The fourth-order valence-electron chi connectivity index (χ4n) is 0.326. The Balaban J connectivity index is 3.43. The van der Waals surface area contributed by atoms with Gasteiger partial charge in [0.15, 0.2) is 0 Å². The molecule has 1 atom stereocenters. The van der Waals surface area contributed by atoms with Crippen LogP contribution in [0, 0.1) is 6.57 Å². The van der Waals surface area contributed by atoms with Crippen LogP contribution >= 0.6 is 0 Å². The SMILES string of the molecule is [C-]#[N+]C(C)NC(C)=O. The zero-order chi connectivity index (χ0) is 6.57. The quantitative estimate of drug-likeness (QED) is 0.489. The van der Waals surface area contributed by atoms with Crippen molar-refractivity contribution in [2.75, 3.05) is 0 Å². The van der Waals surface area contributed by atoms with Crippen LogP contribution in [-0.4, -0.2) is 12.1 Å². The Hall–Kier alpha value is -1.04. The molecule has 0 fully saturated rings. The summed E-state index contributed by atoms with van der Waals surface area (Å²) in [4.78, 5) is 13.2. The fraction of sp³-hybridized carbons (Fsp3) is 0.600. The van der Waals surface area contributed by atoms with Crippen LogP contribution in [0.5, 0.6) is 0 Å².